The predicted molar refractivity (Wildman–Crippen MR) is 116 cm³/mol. The largest absolute Gasteiger partial charge is 0.475 e. The van der Waals surface area contributed by atoms with Gasteiger partial charge in [0.15, 0.2) is 0 Å². The maximum Gasteiger partial charge on any atom is 0.268 e. The average molecular weight is 400 g/mol. The smallest absolute Gasteiger partial charge is 0.268 e. The number of amides is 2. The monoisotopic (exact) mass is 400 g/mol. The van der Waals surface area contributed by atoms with E-state index in [1.807, 2.05) is 65.6 Å². The van der Waals surface area contributed by atoms with Crippen LogP contribution in [0.15, 0.2) is 84.9 Å². The van der Waals surface area contributed by atoms with Gasteiger partial charge in [0.1, 0.15) is 5.75 Å². The van der Waals surface area contributed by atoms with Crippen LogP contribution in [0.5, 0.6) is 5.75 Å². The van der Waals surface area contributed by atoms with Crippen LogP contribution in [0.1, 0.15) is 34.9 Å². The molecule has 3 aromatic carbocycles. The Morgan fingerprint density at radius 3 is 2.10 bits per heavy atom. The number of ether oxygens (including phenoxy) is 1. The fourth-order valence-corrected chi connectivity index (χ4v) is 3.60. The molecule has 0 aromatic heterocycles. The van der Waals surface area contributed by atoms with Crippen molar-refractivity contribution < 1.29 is 14.3 Å². The molecule has 1 aliphatic heterocycles. The van der Waals surface area contributed by atoms with Crippen LogP contribution < -0.4 is 10.1 Å². The lowest BCUT2D eigenvalue weighted by atomic mass is 10.1. The van der Waals surface area contributed by atoms with Crippen molar-refractivity contribution in [3.8, 4) is 5.75 Å². The molecule has 152 valence electrons. The Balaban J connectivity index is 1.61. The molecule has 1 atom stereocenters. The molecule has 30 heavy (non-hydrogen) atoms. The molecule has 0 bridgehead atoms. The molecule has 0 saturated carbocycles. The van der Waals surface area contributed by atoms with Crippen molar-refractivity contribution in [1.29, 1.82) is 0 Å². The molecule has 1 saturated heterocycles. The van der Waals surface area contributed by atoms with Gasteiger partial charge in [-0.2, -0.15) is 0 Å². The van der Waals surface area contributed by atoms with Crippen molar-refractivity contribution in [3.05, 3.63) is 96.1 Å². The van der Waals surface area contributed by atoms with E-state index in [-0.39, 0.29) is 11.8 Å². The molecule has 0 radical (unpaired) electrons. The van der Waals surface area contributed by atoms with Crippen LogP contribution in [0.2, 0.25) is 0 Å². The third kappa shape index (κ3) is 4.51. The molecule has 0 aliphatic carbocycles. The zero-order valence-corrected chi connectivity index (χ0v) is 16.7. The highest BCUT2D eigenvalue weighted by Crippen LogP contribution is 2.28. The van der Waals surface area contributed by atoms with Crippen LogP contribution in [0.4, 0.5) is 5.69 Å². The number of benzene rings is 3. The fourth-order valence-electron chi connectivity index (χ4n) is 3.60. The van der Waals surface area contributed by atoms with Crippen molar-refractivity contribution in [2.75, 3.05) is 18.4 Å². The Morgan fingerprint density at radius 2 is 1.40 bits per heavy atom. The van der Waals surface area contributed by atoms with Crippen LogP contribution in [-0.4, -0.2) is 29.8 Å². The van der Waals surface area contributed by atoms with Crippen LogP contribution in [0, 0.1) is 0 Å². The number of nitrogens with one attached hydrogen (secondary N) is 1. The Hall–Kier alpha value is -3.60. The van der Waals surface area contributed by atoms with Gasteiger partial charge in [-0.3, -0.25) is 9.59 Å². The first-order chi connectivity index (χ1) is 14.7. The first-order valence-corrected chi connectivity index (χ1v) is 10.2. The van der Waals surface area contributed by atoms with Crippen molar-refractivity contribution in [2.45, 2.75) is 18.9 Å². The summed E-state index contributed by atoms with van der Waals surface area (Å²) in [5.41, 5.74) is 1.86. The number of para-hydroxylation sites is 2. The highest BCUT2D eigenvalue weighted by molar-refractivity contribution is 6.06. The molecule has 3 aromatic rings. The first kappa shape index (κ1) is 19.7. The zero-order valence-electron chi connectivity index (χ0n) is 16.7. The lowest BCUT2D eigenvalue weighted by Crippen LogP contribution is -2.35. The SMILES string of the molecule is O=C(Nc1ccccc1)c1ccccc1O[C@H](C(=O)N1CCCC1)c1ccccc1. The molecule has 1 aliphatic rings. The van der Waals surface area contributed by atoms with Gasteiger partial charge >= 0.3 is 0 Å². The minimum Gasteiger partial charge on any atom is -0.475 e. The lowest BCUT2D eigenvalue weighted by Gasteiger charge is -2.25. The van der Waals surface area contributed by atoms with E-state index in [1.165, 1.54) is 0 Å². The fraction of sp³-hybridized carbons (Fsp3) is 0.200. The van der Waals surface area contributed by atoms with E-state index in [4.69, 9.17) is 4.74 Å². The number of carbonyl (C=O) groups excluding carboxylic acids is 2. The minimum atomic E-state index is -0.796. The van der Waals surface area contributed by atoms with Crippen molar-refractivity contribution in [1.82, 2.24) is 4.90 Å². The molecule has 5 nitrogen and oxygen atoms in total. The van der Waals surface area contributed by atoms with E-state index < -0.39 is 6.10 Å². The highest BCUT2D eigenvalue weighted by Gasteiger charge is 2.30. The quantitative estimate of drug-likeness (QED) is 0.654. The number of hydrogen-bond acceptors (Lipinski definition) is 3. The van der Waals surface area contributed by atoms with Gasteiger partial charge in [-0.15, -0.1) is 0 Å². The number of anilines is 1. The summed E-state index contributed by atoms with van der Waals surface area (Å²) in [5.74, 6) is 0.0292. The first-order valence-electron chi connectivity index (χ1n) is 10.2. The van der Waals surface area contributed by atoms with E-state index in [2.05, 4.69) is 5.32 Å². The standard InChI is InChI=1S/C25H24N2O3/c28-24(26-20-13-5-2-6-14-20)21-15-7-8-16-22(21)30-23(19-11-3-1-4-12-19)25(29)27-17-9-10-18-27/h1-8,11-16,23H,9-10,17-18H2,(H,26,28)/t23-/m0/s1. The van der Waals surface area contributed by atoms with Gasteiger partial charge in [0, 0.05) is 24.3 Å². The van der Waals surface area contributed by atoms with Gasteiger partial charge < -0.3 is 15.0 Å². The van der Waals surface area contributed by atoms with E-state index in [0.29, 0.717) is 17.0 Å². The Morgan fingerprint density at radius 1 is 0.800 bits per heavy atom. The highest BCUT2D eigenvalue weighted by atomic mass is 16.5. The third-order valence-electron chi connectivity index (χ3n) is 5.15. The average Bonchev–Trinajstić information content (AvgIpc) is 3.33. The summed E-state index contributed by atoms with van der Waals surface area (Å²) in [4.78, 5) is 28.0. The van der Waals surface area contributed by atoms with Crippen LogP contribution in [0.3, 0.4) is 0 Å². The van der Waals surface area contributed by atoms with E-state index in [1.54, 1.807) is 24.3 Å². The predicted octanol–water partition coefficient (Wildman–Crippen LogP) is 4.68. The van der Waals surface area contributed by atoms with Gasteiger partial charge in [-0.1, -0.05) is 60.7 Å². The van der Waals surface area contributed by atoms with E-state index >= 15 is 0 Å². The van der Waals surface area contributed by atoms with Gasteiger partial charge in [-0.25, -0.2) is 0 Å². The van der Waals surface area contributed by atoms with Crippen LogP contribution in [-0.2, 0) is 4.79 Å². The summed E-state index contributed by atoms with van der Waals surface area (Å²) in [7, 11) is 0. The molecule has 2 amide bonds. The normalized spacial score (nSPS) is 14.2. The summed E-state index contributed by atoms with van der Waals surface area (Å²) >= 11 is 0. The second-order valence-corrected chi connectivity index (χ2v) is 7.26. The lowest BCUT2D eigenvalue weighted by molar-refractivity contribution is -0.138. The molecular weight excluding hydrogens is 376 g/mol. The third-order valence-corrected chi connectivity index (χ3v) is 5.15. The molecule has 0 unspecified atom stereocenters. The molecular formula is C25H24N2O3. The van der Waals surface area contributed by atoms with E-state index in [9.17, 15) is 9.59 Å². The second-order valence-electron chi connectivity index (χ2n) is 7.26. The molecule has 1 heterocycles. The van der Waals surface area contributed by atoms with Gasteiger partial charge in [-0.05, 0) is 37.1 Å². The number of rotatable bonds is 6. The Labute approximate surface area is 176 Å². The molecule has 1 fully saturated rings. The summed E-state index contributed by atoms with van der Waals surface area (Å²) in [6.07, 6.45) is 1.21. The Kier molecular flexibility index (Phi) is 6.09. The summed E-state index contributed by atoms with van der Waals surface area (Å²) < 4.78 is 6.21. The van der Waals surface area contributed by atoms with Crippen LogP contribution in [0.25, 0.3) is 0 Å². The number of carbonyl (C=O) groups is 2. The molecule has 0 spiro atoms. The van der Waals surface area contributed by atoms with Crippen LogP contribution >= 0.6 is 0 Å². The van der Waals surface area contributed by atoms with Crippen molar-refractivity contribution in [2.24, 2.45) is 0 Å². The van der Waals surface area contributed by atoms with Gasteiger partial charge in [0.2, 0.25) is 6.10 Å². The number of likely N-dealkylation sites (tertiary alicyclic amines) is 1. The van der Waals surface area contributed by atoms with Gasteiger partial charge in [0.05, 0.1) is 5.56 Å². The number of hydrogen-bond donors (Lipinski definition) is 1. The Bertz CT molecular complexity index is 999. The summed E-state index contributed by atoms with van der Waals surface area (Å²) in [5, 5.41) is 2.88. The summed E-state index contributed by atoms with van der Waals surface area (Å²) in [6, 6.07) is 25.7. The second kappa shape index (κ2) is 9.27. The number of nitrogens with zero attached hydrogens (tertiary/aromatic N) is 1. The maximum absolute atomic E-state index is 13.2. The topological polar surface area (TPSA) is 58.6 Å². The molecule has 4 rings (SSSR count). The van der Waals surface area contributed by atoms with Crippen molar-refractivity contribution >= 4 is 17.5 Å². The van der Waals surface area contributed by atoms with Gasteiger partial charge in [0.25, 0.3) is 11.8 Å². The van der Waals surface area contributed by atoms with E-state index in [0.717, 1.165) is 31.5 Å². The molecule has 5 heteroatoms. The minimum absolute atomic E-state index is 0.0722. The molecule has 1 N–H and O–H groups in total. The van der Waals surface area contributed by atoms with Crippen molar-refractivity contribution in [3.63, 3.8) is 0 Å². The summed E-state index contributed by atoms with van der Waals surface area (Å²) in [6.45, 7) is 1.48. The maximum atomic E-state index is 13.2. The zero-order chi connectivity index (χ0) is 20.8.